The highest BCUT2D eigenvalue weighted by Crippen LogP contribution is 2.46. The monoisotopic (exact) mass is 499 g/mol. The Hall–Kier alpha value is -3.13. The third-order valence-electron chi connectivity index (χ3n) is 6.47. The average molecular weight is 500 g/mol. The normalized spacial score (nSPS) is 22.5. The van der Waals surface area contributed by atoms with E-state index in [2.05, 4.69) is 68.5 Å². The van der Waals surface area contributed by atoms with Gasteiger partial charge in [0.05, 0.1) is 22.0 Å². The maximum atomic E-state index is 10.2. The third-order valence-corrected chi connectivity index (χ3v) is 7.03. The van der Waals surface area contributed by atoms with Crippen molar-refractivity contribution in [2.45, 2.75) is 30.9 Å². The minimum absolute atomic E-state index is 0.486. The van der Waals surface area contributed by atoms with Crippen LogP contribution in [0.5, 0.6) is 0 Å². The molecule has 3 heterocycles. The standard InChI is InChI=1S/C26H22BrN5O/c1-25(33)14-26(28,15-25)19-9-7-17(8-10-19)22-20(16-5-3-2-4-6-16)11-18-12-29-24-21(27)13-30-32(24)23(18)31-22/h2-13,33H,14-15,28H2,1H3. The lowest BCUT2D eigenvalue weighted by molar-refractivity contribution is -0.0738. The number of nitrogens with zero attached hydrogens (tertiary/aromatic N) is 4. The number of aromatic nitrogens is 4. The number of aliphatic hydroxyl groups is 1. The van der Waals surface area contributed by atoms with Crippen LogP contribution in [0, 0.1) is 0 Å². The van der Waals surface area contributed by atoms with Crippen LogP contribution in [0.25, 0.3) is 39.1 Å². The molecule has 1 aliphatic carbocycles. The average Bonchev–Trinajstić information content (AvgIpc) is 3.18. The Morgan fingerprint density at radius 1 is 0.970 bits per heavy atom. The van der Waals surface area contributed by atoms with E-state index in [9.17, 15) is 5.11 Å². The van der Waals surface area contributed by atoms with Gasteiger partial charge < -0.3 is 10.8 Å². The van der Waals surface area contributed by atoms with E-state index >= 15 is 0 Å². The highest BCUT2D eigenvalue weighted by atomic mass is 79.9. The molecule has 6 nitrogen and oxygen atoms in total. The Morgan fingerprint density at radius 3 is 2.39 bits per heavy atom. The van der Waals surface area contributed by atoms with Crippen LogP contribution in [0.15, 0.2) is 77.5 Å². The molecule has 7 heteroatoms. The number of pyridine rings is 1. The molecule has 3 aromatic heterocycles. The van der Waals surface area contributed by atoms with E-state index in [1.165, 1.54) is 0 Å². The molecule has 0 amide bonds. The number of fused-ring (bicyclic) bond motifs is 3. The molecule has 0 unspecified atom stereocenters. The molecule has 6 rings (SSSR count). The lowest BCUT2D eigenvalue weighted by Gasteiger charge is -2.49. The number of halogens is 1. The number of hydrogen-bond donors (Lipinski definition) is 2. The molecule has 2 aromatic carbocycles. The summed E-state index contributed by atoms with van der Waals surface area (Å²) in [6.07, 6.45) is 4.69. The SMILES string of the molecule is CC1(O)CC(N)(c2ccc(-c3nc4c(cnc5c(Br)cnn54)cc3-c3ccccc3)cc2)C1. The minimum atomic E-state index is -0.689. The Kier molecular flexibility index (Phi) is 4.46. The van der Waals surface area contributed by atoms with Crippen molar-refractivity contribution in [3.8, 4) is 22.4 Å². The van der Waals surface area contributed by atoms with Gasteiger partial charge in [0.1, 0.15) is 0 Å². The summed E-state index contributed by atoms with van der Waals surface area (Å²) in [6, 6.07) is 20.6. The van der Waals surface area contributed by atoms with Gasteiger partial charge in [0.2, 0.25) is 0 Å². The van der Waals surface area contributed by atoms with Gasteiger partial charge in [-0.1, -0.05) is 54.6 Å². The summed E-state index contributed by atoms with van der Waals surface area (Å²) in [6.45, 7) is 1.83. The van der Waals surface area contributed by atoms with Gasteiger partial charge in [0.15, 0.2) is 11.3 Å². The number of nitrogens with two attached hydrogens (primary N) is 1. The molecule has 1 saturated carbocycles. The predicted octanol–water partition coefficient (Wildman–Crippen LogP) is 5.07. The fraction of sp³-hybridized carbons (Fsp3) is 0.192. The maximum Gasteiger partial charge on any atom is 0.171 e. The van der Waals surface area contributed by atoms with Gasteiger partial charge in [-0.05, 0) is 52.9 Å². The summed E-state index contributed by atoms with van der Waals surface area (Å²) >= 11 is 3.51. The van der Waals surface area contributed by atoms with E-state index in [1.807, 2.05) is 31.3 Å². The zero-order chi connectivity index (χ0) is 22.8. The van der Waals surface area contributed by atoms with E-state index in [0.29, 0.717) is 12.8 Å². The van der Waals surface area contributed by atoms with Crippen LogP contribution in [0.4, 0.5) is 0 Å². The Balaban J connectivity index is 1.53. The van der Waals surface area contributed by atoms with Crippen molar-refractivity contribution in [2.24, 2.45) is 5.73 Å². The first-order valence-electron chi connectivity index (χ1n) is 10.8. The maximum absolute atomic E-state index is 10.2. The second-order valence-corrected chi connectivity index (χ2v) is 10.1. The molecule has 3 N–H and O–H groups in total. The first-order valence-corrected chi connectivity index (χ1v) is 11.6. The van der Waals surface area contributed by atoms with Crippen LogP contribution >= 0.6 is 15.9 Å². The largest absolute Gasteiger partial charge is 0.390 e. The molecule has 1 fully saturated rings. The Morgan fingerprint density at radius 2 is 1.70 bits per heavy atom. The van der Waals surface area contributed by atoms with E-state index < -0.39 is 11.1 Å². The summed E-state index contributed by atoms with van der Waals surface area (Å²) in [4.78, 5) is 9.63. The topological polar surface area (TPSA) is 89.3 Å². The van der Waals surface area contributed by atoms with E-state index in [1.54, 1.807) is 10.7 Å². The van der Waals surface area contributed by atoms with E-state index in [4.69, 9.17) is 10.7 Å². The highest BCUT2D eigenvalue weighted by Gasteiger charge is 2.49. The molecule has 0 atom stereocenters. The first-order chi connectivity index (χ1) is 15.8. The second-order valence-electron chi connectivity index (χ2n) is 9.23. The number of hydrogen-bond acceptors (Lipinski definition) is 5. The molecule has 164 valence electrons. The fourth-order valence-corrected chi connectivity index (χ4v) is 5.40. The van der Waals surface area contributed by atoms with Gasteiger partial charge in [-0.15, -0.1) is 0 Å². The lowest BCUT2D eigenvalue weighted by Crippen LogP contribution is -2.58. The van der Waals surface area contributed by atoms with Gasteiger partial charge in [-0.25, -0.2) is 9.97 Å². The zero-order valence-electron chi connectivity index (χ0n) is 18.0. The van der Waals surface area contributed by atoms with Crippen LogP contribution in [0.3, 0.4) is 0 Å². The van der Waals surface area contributed by atoms with E-state index in [-0.39, 0.29) is 0 Å². The Labute approximate surface area is 199 Å². The number of rotatable bonds is 3. The highest BCUT2D eigenvalue weighted by molar-refractivity contribution is 9.10. The van der Waals surface area contributed by atoms with Crippen molar-refractivity contribution in [1.82, 2.24) is 19.6 Å². The summed E-state index contributed by atoms with van der Waals surface area (Å²) in [7, 11) is 0. The minimum Gasteiger partial charge on any atom is -0.390 e. The van der Waals surface area contributed by atoms with Crippen molar-refractivity contribution >= 4 is 32.6 Å². The summed E-state index contributed by atoms with van der Waals surface area (Å²) < 4.78 is 2.59. The van der Waals surface area contributed by atoms with Crippen LogP contribution in [0.2, 0.25) is 0 Å². The van der Waals surface area contributed by atoms with Crippen molar-refractivity contribution in [3.05, 3.63) is 83.1 Å². The van der Waals surface area contributed by atoms with Crippen LogP contribution < -0.4 is 5.73 Å². The molecular formula is C26H22BrN5O. The fourth-order valence-electron chi connectivity index (χ4n) is 5.04. The first kappa shape index (κ1) is 20.5. The van der Waals surface area contributed by atoms with Crippen LogP contribution in [-0.4, -0.2) is 30.3 Å². The predicted molar refractivity (Wildman–Crippen MR) is 133 cm³/mol. The van der Waals surface area contributed by atoms with Gasteiger partial charge in [0, 0.05) is 28.2 Å². The lowest BCUT2D eigenvalue weighted by atomic mass is 9.63. The van der Waals surface area contributed by atoms with Crippen molar-refractivity contribution in [2.75, 3.05) is 0 Å². The van der Waals surface area contributed by atoms with Crippen molar-refractivity contribution in [1.29, 1.82) is 0 Å². The second kappa shape index (κ2) is 7.18. The summed E-state index contributed by atoms with van der Waals surface area (Å²) in [5, 5.41) is 15.6. The third kappa shape index (κ3) is 3.35. The smallest absolute Gasteiger partial charge is 0.171 e. The molecule has 0 radical (unpaired) electrons. The van der Waals surface area contributed by atoms with Gasteiger partial charge in [-0.3, -0.25) is 0 Å². The van der Waals surface area contributed by atoms with Crippen molar-refractivity contribution < 1.29 is 5.11 Å². The van der Waals surface area contributed by atoms with Crippen LogP contribution in [0.1, 0.15) is 25.3 Å². The molecule has 0 saturated heterocycles. The van der Waals surface area contributed by atoms with E-state index in [0.717, 1.165) is 49.1 Å². The van der Waals surface area contributed by atoms with Gasteiger partial charge in [-0.2, -0.15) is 9.61 Å². The Bertz CT molecular complexity index is 1500. The quantitative estimate of drug-likeness (QED) is 0.361. The van der Waals surface area contributed by atoms with Crippen LogP contribution in [-0.2, 0) is 5.54 Å². The molecule has 0 spiro atoms. The molecule has 0 aliphatic heterocycles. The summed E-state index contributed by atoms with van der Waals surface area (Å²) in [5.41, 5.74) is 11.8. The molecular weight excluding hydrogens is 478 g/mol. The van der Waals surface area contributed by atoms with Gasteiger partial charge >= 0.3 is 0 Å². The van der Waals surface area contributed by atoms with Crippen molar-refractivity contribution in [3.63, 3.8) is 0 Å². The molecule has 33 heavy (non-hydrogen) atoms. The number of benzene rings is 2. The summed E-state index contributed by atoms with van der Waals surface area (Å²) in [5.74, 6) is 0. The van der Waals surface area contributed by atoms with Gasteiger partial charge in [0.25, 0.3) is 0 Å². The molecule has 5 aromatic rings. The molecule has 1 aliphatic rings. The molecule has 0 bridgehead atoms. The zero-order valence-corrected chi connectivity index (χ0v) is 19.6.